The van der Waals surface area contributed by atoms with Gasteiger partial charge in [0.25, 0.3) is 0 Å². The molecular formula is C10H13Br2NOS. The summed E-state index contributed by atoms with van der Waals surface area (Å²) in [5.41, 5.74) is 0. The van der Waals surface area contributed by atoms with Crippen molar-refractivity contribution in [3.63, 3.8) is 0 Å². The molecule has 0 aliphatic carbocycles. The Morgan fingerprint density at radius 1 is 1.53 bits per heavy atom. The van der Waals surface area contributed by atoms with Gasteiger partial charge in [-0.25, -0.2) is 0 Å². The van der Waals surface area contributed by atoms with Gasteiger partial charge in [-0.3, -0.25) is 0 Å². The van der Waals surface area contributed by atoms with E-state index in [9.17, 15) is 0 Å². The SMILES string of the molecule is Brc1cc(CNC2CCCSC2)oc1Br. The van der Waals surface area contributed by atoms with Crippen molar-refractivity contribution in [2.45, 2.75) is 25.4 Å². The van der Waals surface area contributed by atoms with Gasteiger partial charge in [0.15, 0.2) is 4.67 Å². The molecule has 0 spiro atoms. The third-order valence-electron chi connectivity index (χ3n) is 2.42. The monoisotopic (exact) mass is 353 g/mol. The molecule has 0 bridgehead atoms. The molecule has 1 N–H and O–H groups in total. The zero-order valence-corrected chi connectivity index (χ0v) is 12.3. The number of rotatable bonds is 3. The number of thioether (sulfide) groups is 1. The highest BCUT2D eigenvalue weighted by atomic mass is 79.9. The van der Waals surface area contributed by atoms with E-state index in [1.165, 1.54) is 24.3 Å². The minimum absolute atomic E-state index is 0.645. The lowest BCUT2D eigenvalue weighted by atomic mass is 10.2. The molecule has 5 heteroatoms. The molecule has 1 saturated heterocycles. The summed E-state index contributed by atoms with van der Waals surface area (Å²) in [5, 5.41) is 3.52. The summed E-state index contributed by atoms with van der Waals surface area (Å²) in [6, 6.07) is 2.65. The van der Waals surface area contributed by atoms with Gasteiger partial charge >= 0.3 is 0 Å². The fraction of sp³-hybridized carbons (Fsp3) is 0.600. The molecule has 15 heavy (non-hydrogen) atoms. The molecule has 2 nitrogen and oxygen atoms in total. The number of halogens is 2. The van der Waals surface area contributed by atoms with Crippen LogP contribution in [0.4, 0.5) is 0 Å². The van der Waals surface area contributed by atoms with Crippen LogP contribution < -0.4 is 5.32 Å². The molecule has 1 aromatic rings. The van der Waals surface area contributed by atoms with Gasteiger partial charge in [0.1, 0.15) is 5.76 Å². The van der Waals surface area contributed by atoms with Crippen molar-refractivity contribution < 1.29 is 4.42 Å². The molecule has 1 fully saturated rings. The zero-order valence-electron chi connectivity index (χ0n) is 8.26. The third kappa shape index (κ3) is 3.51. The van der Waals surface area contributed by atoms with E-state index < -0.39 is 0 Å². The van der Waals surface area contributed by atoms with Gasteiger partial charge in [-0.15, -0.1) is 0 Å². The highest BCUT2D eigenvalue weighted by Gasteiger charge is 2.14. The highest BCUT2D eigenvalue weighted by Crippen LogP contribution is 2.27. The van der Waals surface area contributed by atoms with E-state index in [1.807, 2.05) is 17.8 Å². The molecule has 2 heterocycles. The lowest BCUT2D eigenvalue weighted by molar-refractivity contribution is 0.431. The molecule has 2 rings (SSSR count). The fourth-order valence-corrected chi connectivity index (χ4v) is 3.39. The summed E-state index contributed by atoms with van der Waals surface area (Å²) < 4.78 is 7.26. The van der Waals surface area contributed by atoms with Crippen LogP contribution in [0.1, 0.15) is 18.6 Å². The van der Waals surface area contributed by atoms with Crippen LogP contribution in [0.2, 0.25) is 0 Å². The lowest BCUT2D eigenvalue weighted by Crippen LogP contribution is -2.33. The smallest absolute Gasteiger partial charge is 0.183 e. The van der Waals surface area contributed by atoms with E-state index in [-0.39, 0.29) is 0 Å². The van der Waals surface area contributed by atoms with Crippen LogP contribution >= 0.6 is 43.6 Å². The molecule has 0 aromatic carbocycles. The second kappa shape index (κ2) is 5.75. The van der Waals surface area contributed by atoms with Crippen LogP contribution in [0.15, 0.2) is 19.6 Å². The summed E-state index contributed by atoms with van der Waals surface area (Å²) in [4.78, 5) is 0. The lowest BCUT2D eigenvalue weighted by Gasteiger charge is -2.21. The van der Waals surface area contributed by atoms with E-state index >= 15 is 0 Å². The number of hydrogen-bond donors (Lipinski definition) is 1. The fourth-order valence-electron chi connectivity index (χ4n) is 1.63. The summed E-state index contributed by atoms with van der Waals surface area (Å²) in [5.74, 6) is 3.52. The van der Waals surface area contributed by atoms with Crippen molar-refractivity contribution in [3.8, 4) is 0 Å². The van der Waals surface area contributed by atoms with Gasteiger partial charge in [0.05, 0.1) is 11.0 Å². The highest BCUT2D eigenvalue weighted by molar-refractivity contribution is 9.13. The van der Waals surface area contributed by atoms with E-state index in [0.717, 1.165) is 21.4 Å². The first-order valence-corrected chi connectivity index (χ1v) is 7.74. The number of hydrogen-bond acceptors (Lipinski definition) is 3. The van der Waals surface area contributed by atoms with E-state index in [4.69, 9.17) is 4.42 Å². The summed E-state index contributed by atoms with van der Waals surface area (Å²) in [7, 11) is 0. The van der Waals surface area contributed by atoms with Gasteiger partial charge in [-0.1, -0.05) is 0 Å². The van der Waals surface area contributed by atoms with Crippen LogP contribution in [-0.2, 0) is 6.54 Å². The van der Waals surface area contributed by atoms with Crippen molar-refractivity contribution >= 4 is 43.6 Å². The predicted molar refractivity (Wildman–Crippen MR) is 71.3 cm³/mol. The molecule has 1 atom stereocenters. The van der Waals surface area contributed by atoms with Crippen molar-refractivity contribution in [1.29, 1.82) is 0 Å². The van der Waals surface area contributed by atoms with E-state index in [1.54, 1.807) is 0 Å². The second-order valence-electron chi connectivity index (χ2n) is 3.63. The first kappa shape index (κ1) is 12.0. The maximum absolute atomic E-state index is 5.51. The standard InChI is InChI=1S/C10H13Br2NOS/c11-9-4-8(14-10(9)12)5-13-7-2-1-3-15-6-7/h4,7,13H,1-3,5-6H2. The minimum atomic E-state index is 0.645. The molecule has 0 radical (unpaired) electrons. The third-order valence-corrected chi connectivity index (χ3v) is 5.35. The zero-order chi connectivity index (χ0) is 10.7. The minimum Gasteiger partial charge on any atom is -0.452 e. The Kier molecular flexibility index (Phi) is 4.61. The first-order valence-electron chi connectivity index (χ1n) is 5.00. The van der Waals surface area contributed by atoms with Crippen molar-refractivity contribution in [2.75, 3.05) is 11.5 Å². The van der Waals surface area contributed by atoms with Crippen LogP contribution in [-0.4, -0.2) is 17.5 Å². The Balaban J connectivity index is 1.81. The molecule has 0 amide bonds. The van der Waals surface area contributed by atoms with Crippen LogP contribution in [0.5, 0.6) is 0 Å². The van der Waals surface area contributed by atoms with Crippen molar-refractivity contribution in [1.82, 2.24) is 5.32 Å². The van der Waals surface area contributed by atoms with Gasteiger partial charge in [-0.05, 0) is 56.5 Å². The van der Waals surface area contributed by atoms with Crippen molar-refractivity contribution in [2.24, 2.45) is 0 Å². The molecular weight excluding hydrogens is 342 g/mol. The number of nitrogens with one attached hydrogen (secondary N) is 1. The Hall–Kier alpha value is 0.550. The normalized spacial score (nSPS) is 21.9. The average Bonchev–Trinajstić information content (AvgIpc) is 2.57. The van der Waals surface area contributed by atoms with Crippen LogP contribution in [0.25, 0.3) is 0 Å². The van der Waals surface area contributed by atoms with E-state index in [2.05, 4.69) is 37.2 Å². The molecule has 1 unspecified atom stereocenters. The van der Waals surface area contributed by atoms with E-state index in [0.29, 0.717) is 6.04 Å². The topological polar surface area (TPSA) is 25.2 Å². The Bertz CT molecular complexity index is 304. The molecule has 1 aliphatic heterocycles. The molecule has 84 valence electrons. The molecule has 1 aliphatic rings. The largest absolute Gasteiger partial charge is 0.452 e. The van der Waals surface area contributed by atoms with Gasteiger partial charge in [0.2, 0.25) is 0 Å². The van der Waals surface area contributed by atoms with Gasteiger partial charge in [-0.2, -0.15) is 11.8 Å². The van der Waals surface area contributed by atoms with Gasteiger partial charge < -0.3 is 9.73 Å². The molecule has 0 saturated carbocycles. The predicted octanol–water partition coefficient (Wildman–Crippen LogP) is 3.79. The summed E-state index contributed by atoms with van der Waals surface area (Å²) >= 11 is 8.78. The van der Waals surface area contributed by atoms with Crippen LogP contribution in [0.3, 0.4) is 0 Å². The maximum Gasteiger partial charge on any atom is 0.183 e. The van der Waals surface area contributed by atoms with Crippen molar-refractivity contribution in [3.05, 3.63) is 21.0 Å². The quantitative estimate of drug-likeness (QED) is 0.893. The summed E-state index contributed by atoms with van der Waals surface area (Å²) in [6.07, 6.45) is 2.62. The number of furan rings is 1. The molecule has 1 aromatic heterocycles. The maximum atomic E-state index is 5.51. The first-order chi connectivity index (χ1) is 7.25. The summed E-state index contributed by atoms with van der Waals surface area (Å²) in [6.45, 7) is 0.815. The Labute approximate surface area is 111 Å². The second-order valence-corrected chi connectivity index (χ2v) is 6.35. The Morgan fingerprint density at radius 2 is 2.40 bits per heavy atom. The Morgan fingerprint density at radius 3 is 3.00 bits per heavy atom. The average molecular weight is 355 g/mol. The van der Waals surface area contributed by atoms with Crippen LogP contribution in [0, 0.1) is 0 Å². The van der Waals surface area contributed by atoms with Gasteiger partial charge in [0, 0.05) is 11.8 Å².